The Labute approximate surface area is 118 Å². The first-order chi connectivity index (χ1) is 9.40. The summed E-state index contributed by atoms with van der Waals surface area (Å²) in [6.07, 6.45) is 2.18. The van der Waals surface area contributed by atoms with E-state index in [4.69, 9.17) is 5.11 Å². The van der Waals surface area contributed by atoms with Crippen LogP contribution in [0.4, 0.5) is 0 Å². The Balaban J connectivity index is 2.55. The molecule has 0 spiro atoms. The fourth-order valence-corrected chi connectivity index (χ4v) is 2.17. The molecule has 1 heterocycles. The Kier molecular flexibility index (Phi) is 6.44. The second kappa shape index (κ2) is 7.84. The molecule has 1 aliphatic rings. The van der Waals surface area contributed by atoms with Crippen molar-refractivity contribution in [2.75, 3.05) is 13.1 Å². The summed E-state index contributed by atoms with van der Waals surface area (Å²) < 4.78 is 0. The van der Waals surface area contributed by atoms with Crippen molar-refractivity contribution in [1.82, 2.24) is 16.0 Å². The van der Waals surface area contributed by atoms with E-state index < -0.39 is 24.5 Å². The highest BCUT2D eigenvalue weighted by molar-refractivity contribution is 5.91. The van der Waals surface area contributed by atoms with Crippen LogP contribution in [-0.2, 0) is 14.4 Å². The third-order valence-corrected chi connectivity index (χ3v) is 3.13. The lowest BCUT2D eigenvalue weighted by atomic mass is 10.0. The van der Waals surface area contributed by atoms with Crippen LogP contribution < -0.4 is 16.0 Å². The van der Waals surface area contributed by atoms with Gasteiger partial charge in [0.25, 0.3) is 0 Å². The lowest BCUT2D eigenvalue weighted by molar-refractivity contribution is -0.138. The van der Waals surface area contributed by atoms with Gasteiger partial charge in [-0.25, -0.2) is 0 Å². The van der Waals surface area contributed by atoms with Crippen LogP contribution in [0.25, 0.3) is 0 Å². The first kappa shape index (κ1) is 16.4. The molecular weight excluding hydrogens is 262 g/mol. The second-order valence-corrected chi connectivity index (χ2v) is 5.45. The summed E-state index contributed by atoms with van der Waals surface area (Å²) in [5.41, 5.74) is 0. The van der Waals surface area contributed by atoms with E-state index in [-0.39, 0.29) is 17.9 Å². The van der Waals surface area contributed by atoms with Crippen LogP contribution in [0.1, 0.15) is 33.1 Å². The predicted molar refractivity (Wildman–Crippen MR) is 73.1 cm³/mol. The smallest absolute Gasteiger partial charge is 0.322 e. The van der Waals surface area contributed by atoms with E-state index in [1.54, 1.807) is 0 Å². The van der Waals surface area contributed by atoms with Crippen LogP contribution in [0.5, 0.6) is 0 Å². The van der Waals surface area contributed by atoms with E-state index in [9.17, 15) is 14.4 Å². The number of carbonyl (C=O) groups excluding carboxylic acids is 2. The number of rotatable bonds is 7. The maximum Gasteiger partial charge on any atom is 0.322 e. The monoisotopic (exact) mass is 285 g/mol. The third-order valence-electron chi connectivity index (χ3n) is 3.13. The highest BCUT2D eigenvalue weighted by Crippen LogP contribution is 2.08. The summed E-state index contributed by atoms with van der Waals surface area (Å²) >= 11 is 0. The standard InChI is InChI=1S/C13H23N3O4/c1-8(2)6-10(12(19)15-7-11(17)18)16-13(20)9-4-3-5-14-9/h8-10,14H,3-7H2,1-2H3,(H,15,19)(H,16,20)(H,17,18). The minimum Gasteiger partial charge on any atom is -0.480 e. The number of carboxylic acid groups (broad SMARTS) is 1. The molecule has 0 saturated carbocycles. The first-order valence-electron chi connectivity index (χ1n) is 6.93. The predicted octanol–water partition coefficient (Wildman–Crippen LogP) is -0.530. The summed E-state index contributed by atoms with van der Waals surface area (Å²) in [6.45, 7) is 4.25. The van der Waals surface area contributed by atoms with Crippen molar-refractivity contribution >= 4 is 17.8 Å². The largest absolute Gasteiger partial charge is 0.480 e. The molecule has 0 aromatic rings. The molecule has 0 aromatic carbocycles. The van der Waals surface area contributed by atoms with E-state index in [2.05, 4.69) is 16.0 Å². The summed E-state index contributed by atoms with van der Waals surface area (Å²) in [6, 6.07) is -0.943. The van der Waals surface area contributed by atoms with Crippen LogP contribution >= 0.6 is 0 Å². The quantitative estimate of drug-likeness (QED) is 0.503. The molecule has 0 radical (unpaired) electrons. The molecule has 4 N–H and O–H groups in total. The summed E-state index contributed by atoms with van der Waals surface area (Å²) in [5.74, 6) is -1.54. The minimum atomic E-state index is -1.11. The van der Waals surface area contributed by atoms with Gasteiger partial charge in [-0.2, -0.15) is 0 Å². The van der Waals surface area contributed by atoms with E-state index in [1.165, 1.54) is 0 Å². The average molecular weight is 285 g/mol. The first-order valence-corrected chi connectivity index (χ1v) is 6.93. The van der Waals surface area contributed by atoms with E-state index >= 15 is 0 Å². The number of hydrogen-bond donors (Lipinski definition) is 4. The van der Waals surface area contributed by atoms with Crippen molar-refractivity contribution in [3.05, 3.63) is 0 Å². The lowest BCUT2D eigenvalue weighted by Gasteiger charge is -2.21. The highest BCUT2D eigenvalue weighted by Gasteiger charge is 2.27. The van der Waals surface area contributed by atoms with Crippen molar-refractivity contribution in [3.63, 3.8) is 0 Å². The number of aliphatic carboxylic acids is 1. The molecular formula is C13H23N3O4. The lowest BCUT2D eigenvalue weighted by Crippen LogP contribution is -2.52. The van der Waals surface area contributed by atoms with Gasteiger partial charge in [0.05, 0.1) is 6.04 Å². The zero-order valence-electron chi connectivity index (χ0n) is 11.9. The van der Waals surface area contributed by atoms with Gasteiger partial charge in [0.15, 0.2) is 0 Å². The summed E-state index contributed by atoms with van der Waals surface area (Å²) in [4.78, 5) is 34.4. The molecule has 7 nitrogen and oxygen atoms in total. The second-order valence-electron chi connectivity index (χ2n) is 5.45. The molecule has 2 atom stereocenters. The topological polar surface area (TPSA) is 108 Å². The number of hydrogen-bond acceptors (Lipinski definition) is 4. The van der Waals surface area contributed by atoms with Crippen molar-refractivity contribution in [2.24, 2.45) is 5.92 Å². The molecule has 1 aliphatic heterocycles. The molecule has 2 amide bonds. The molecule has 0 aromatic heterocycles. The average Bonchev–Trinajstić information content (AvgIpc) is 2.88. The van der Waals surface area contributed by atoms with Crippen LogP contribution in [0.15, 0.2) is 0 Å². The maximum atomic E-state index is 12.0. The fraction of sp³-hybridized carbons (Fsp3) is 0.769. The van der Waals surface area contributed by atoms with E-state index in [1.807, 2.05) is 13.8 Å². The molecule has 1 fully saturated rings. The fourth-order valence-electron chi connectivity index (χ4n) is 2.17. The van der Waals surface area contributed by atoms with Crippen molar-refractivity contribution in [3.8, 4) is 0 Å². The SMILES string of the molecule is CC(C)CC(NC(=O)C1CCCN1)C(=O)NCC(=O)O. The van der Waals surface area contributed by atoms with Gasteiger partial charge in [-0.1, -0.05) is 13.8 Å². The summed E-state index contributed by atoms with van der Waals surface area (Å²) in [5, 5.41) is 16.7. The minimum absolute atomic E-state index is 0.196. The van der Waals surface area contributed by atoms with Gasteiger partial charge in [0, 0.05) is 0 Å². The van der Waals surface area contributed by atoms with Crippen LogP contribution in [0.2, 0.25) is 0 Å². The molecule has 0 aliphatic carbocycles. The van der Waals surface area contributed by atoms with E-state index in [0.717, 1.165) is 19.4 Å². The number of amides is 2. The molecule has 20 heavy (non-hydrogen) atoms. The van der Waals surface area contributed by atoms with Crippen molar-refractivity contribution in [2.45, 2.75) is 45.2 Å². The van der Waals surface area contributed by atoms with Gasteiger partial charge >= 0.3 is 5.97 Å². The third kappa shape index (κ3) is 5.56. The molecule has 0 bridgehead atoms. The van der Waals surface area contributed by atoms with E-state index in [0.29, 0.717) is 6.42 Å². The van der Waals surface area contributed by atoms with Gasteiger partial charge in [-0.05, 0) is 31.7 Å². The Morgan fingerprint density at radius 1 is 1.35 bits per heavy atom. The van der Waals surface area contributed by atoms with Gasteiger partial charge in [-0.3, -0.25) is 14.4 Å². The Morgan fingerprint density at radius 2 is 2.05 bits per heavy atom. The van der Waals surface area contributed by atoms with Gasteiger partial charge in [-0.15, -0.1) is 0 Å². The molecule has 1 saturated heterocycles. The Hall–Kier alpha value is -1.63. The Morgan fingerprint density at radius 3 is 2.55 bits per heavy atom. The van der Waals surface area contributed by atoms with Crippen molar-refractivity contribution in [1.29, 1.82) is 0 Å². The molecule has 7 heteroatoms. The van der Waals surface area contributed by atoms with Gasteiger partial charge in [0.2, 0.25) is 11.8 Å². The van der Waals surface area contributed by atoms with Crippen LogP contribution in [0, 0.1) is 5.92 Å². The summed E-state index contributed by atoms with van der Waals surface area (Å²) in [7, 11) is 0. The van der Waals surface area contributed by atoms with Gasteiger partial charge < -0.3 is 21.1 Å². The molecule has 114 valence electrons. The Bertz CT molecular complexity index is 365. The molecule has 1 rings (SSSR count). The number of carboxylic acids is 1. The van der Waals surface area contributed by atoms with Gasteiger partial charge in [0.1, 0.15) is 12.6 Å². The maximum absolute atomic E-state index is 12.0. The van der Waals surface area contributed by atoms with Crippen LogP contribution in [-0.4, -0.2) is 48.1 Å². The number of nitrogens with one attached hydrogen (secondary N) is 3. The normalized spacial score (nSPS) is 19.6. The van der Waals surface area contributed by atoms with Crippen LogP contribution in [0.3, 0.4) is 0 Å². The zero-order valence-corrected chi connectivity index (χ0v) is 11.9. The van der Waals surface area contributed by atoms with Crippen molar-refractivity contribution < 1.29 is 19.5 Å². The number of carbonyl (C=O) groups is 3. The zero-order chi connectivity index (χ0) is 15.1. The molecule has 2 unspecified atom stereocenters. The highest BCUT2D eigenvalue weighted by atomic mass is 16.4.